The van der Waals surface area contributed by atoms with Crippen LogP contribution in [0.2, 0.25) is 0 Å². The van der Waals surface area contributed by atoms with Crippen LogP contribution >= 0.6 is 11.8 Å². The third-order valence-electron chi connectivity index (χ3n) is 5.52. The van der Waals surface area contributed by atoms with E-state index in [1.807, 2.05) is 47.7 Å². The highest BCUT2D eigenvalue weighted by molar-refractivity contribution is 7.99. The Morgan fingerprint density at radius 3 is 2.44 bits per heavy atom. The van der Waals surface area contributed by atoms with Crippen LogP contribution in [0.1, 0.15) is 5.56 Å². The Kier molecular flexibility index (Phi) is 6.40. The predicted molar refractivity (Wildman–Crippen MR) is 124 cm³/mol. The van der Waals surface area contributed by atoms with Crippen molar-refractivity contribution in [3.8, 4) is 11.4 Å². The number of hydrogen-bond acceptors (Lipinski definition) is 7. The summed E-state index contributed by atoms with van der Waals surface area (Å²) in [6.45, 7) is 4.21. The second-order valence-electron chi connectivity index (χ2n) is 7.63. The number of hydrogen-bond donors (Lipinski definition) is 0. The van der Waals surface area contributed by atoms with Crippen molar-refractivity contribution in [2.75, 3.05) is 36.8 Å². The number of carbonyl (C=O) groups is 1. The fourth-order valence-corrected chi connectivity index (χ4v) is 4.51. The van der Waals surface area contributed by atoms with E-state index in [4.69, 9.17) is 0 Å². The summed E-state index contributed by atoms with van der Waals surface area (Å²) >= 11 is 1.37. The standard InChI is InChI=1S/C22H24N6O3S/c1-16-7-9-17(10-8-16)21-23-24-22(25(21)2)32-15-20(29)27-13-11-26(12-14-27)18-5-3-4-6-19(18)28(30)31/h3-10H,11-15H2,1-2H3. The maximum atomic E-state index is 12.7. The Morgan fingerprint density at radius 2 is 1.75 bits per heavy atom. The molecule has 2 heterocycles. The normalized spacial score (nSPS) is 13.9. The first-order valence-corrected chi connectivity index (χ1v) is 11.3. The van der Waals surface area contributed by atoms with Gasteiger partial charge in [0.05, 0.1) is 10.7 Å². The fourth-order valence-electron chi connectivity index (χ4n) is 3.69. The van der Waals surface area contributed by atoms with Crippen LogP contribution in [0.4, 0.5) is 11.4 Å². The summed E-state index contributed by atoms with van der Waals surface area (Å²) in [7, 11) is 1.90. The Bertz CT molecular complexity index is 1120. The maximum absolute atomic E-state index is 12.7. The summed E-state index contributed by atoms with van der Waals surface area (Å²) in [5.74, 6) is 1.06. The smallest absolute Gasteiger partial charge is 0.292 e. The van der Waals surface area contributed by atoms with Gasteiger partial charge in [-0.15, -0.1) is 10.2 Å². The number of anilines is 1. The van der Waals surface area contributed by atoms with Crippen LogP contribution in [0.3, 0.4) is 0 Å². The highest BCUT2D eigenvalue weighted by atomic mass is 32.2. The molecule has 0 saturated carbocycles. The molecule has 4 rings (SSSR count). The Labute approximate surface area is 190 Å². The Hall–Kier alpha value is -3.40. The lowest BCUT2D eigenvalue weighted by Gasteiger charge is -2.35. The number of thioether (sulfide) groups is 1. The molecule has 166 valence electrons. The molecular weight excluding hydrogens is 428 g/mol. The van der Waals surface area contributed by atoms with Crippen molar-refractivity contribution in [2.45, 2.75) is 12.1 Å². The van der Waals surface area contributed by atoms with Gasteiger partial charge in [0, 0.05) is 44.9 Å². The number of para-hydroxylation sites is 2. The Balaban J connectivity index is 1.33. The number of piperazine rings is 1. The van der Waals surface area contributed by atoms with Crippen molar-refractivity contribution in [1.82, 2.24) is 19.7 Å². The molecular formula is C22H24N6O3S. The molecule has 1 amide bonds. The third-order valence-corrected chi connectivity index (χ3v) is 6.53. The fraction of sp³-hybridized carbons (Fsp3) is 0.318. The van der Waals surface area contributed by atoms with Gasteiger partial charge in [-0.3, -0.25) is 14.9 Å². The van der Waals surface area contributed by atoms with Crippen LogP contribution in [-0.4, -0.2) is 62.4 Å². The number of nitro groups is 1. The number of rotatable bonds is 6. The molecule has 1 saturated heterocycles. The molecule has 1 aromatic heterocycles. The minimum Gasteiger partial charge on any atom is -0.362 e. The first kappa shape index (κ1) is 21.8. The van der Waals surface area contributed by atoms with Crippen molar-refractivity contribution >= 4 is 29.0 Å². The minimum absolute atomic E-state index is 0.0251. The van der Waals surface area contributed by atoms with E-state index in [9.17, 15) is 14.9 Å². The van der Waals surface area contributed by atoms with E-state index in [-0.39, 0.29) is 22.3 Å². The van der Waals surface area contributed by atoms with Gasteiger partial charge >= 0.3 is 0 Å². The Morgan fingerprint density at radius 1 is 1.06 bits per heavy atom. The number of nitro benzene ring substituents is 1. The number of aromatic nitrogens is 3. The molecule has 0 unspecified atom stereocenters. The molecule has 32 heavy (non-hydrogen) atoms. The van der Waals surface area contributed by atoms with E-state index in [0.717, 1.165) is 11.4 Å². The van der Waals surface area contributed by atoms with Crippen molar-refractivity contribution < 1.29 is 9.72 Å². The highest BCUT2D eigenvalue weighted by Gasteiger charge is 2.25. The van der Waals surface area contributed by atoms with E-state index in [1.54, 1.807) is 23.1 Å². The van der Waals surface area contributed by atoms with Gasteiger partial charge in [-0.1, -0.05) is 53.7 Å². The topological polar surface area (TPSA) is 97.4 Å². The molecule has 10 heteroatoms. The quantitative estimate of drug-likeness (QED) is 0.322. The second kappa shape index (κ2) is 9.39. The summed E-state index contributed by atoms with van der Waals surface area (Å²) in [5, 5.41) is 20.5. The van der Waals surface area contributed by atoms with Gasteiger partial charge in [0.2, 0.25) is 5.91 Å². The van der Waals surface area contributed by atoms with Gasteiger partial charge in [-0.05, 0) is 13.0 Å². The molecule has 1 fully saturated rings. The molecule has 1 aliphatic rings. The van der Waals surface area contributed by atoms with Gasteiger partial charge in [0.15, 0.2) is 11.0 Å². The van der Waals surface area contributed by atoms with E-state index in [0.29, 0.717) is 37.0 Å². The molecule has 3 aromatic rings. The average molecular weight is 453 g/mol. The number of amides is 1. The van der Waals surface area contributed by atoms with Crippen molar-refractivity contribution in [3.05, 3.63) is 64.2 Å². The third kappa shape index (κ3) is 4.59. The second-order valence-corrected chi connectivity index (χ2v) is 8.58. The van der Waals surface area contributed by atoms with Gasteiger partial charge in [0.25, 0.3) is 5.69 Å². The first-order valence-electron chi connectivity index (χ1n) is 10.3. The molecule has 0 radical (unpaired) electrons. The number of carbonyl (C=O) groups excluding carboxylic acids is 1. The lowest BCUT2D eigenvalue weighted by molar-refractivity contribution is -0.384. The summed E-state index contributed by atoms with van der Waals surface area (Å²) < 4.78 is 1.90. The number of benzene rings is 2. The van der Waals surface area contributed by atoms with Gasteiger partial charge < -0.3 is 14.4 Å². The van der Waals surface area contributed by atoms with Crippen molar-refractivity contribution in [1.29, 1.82) is 0 Å². The zero-order valence-corrected chi connectivity index (χ0v) is 18.8. The van der Waals surface area contributed by atoms with E-state index in [1.165, 1.54) is 23.4 Å². The number of nitrogens with zero attached hydrogens (tertiary/aromatic N) is 6. The molecule has 0 N–H and O–H groups in total. The zero-order valence-electron chi connectivity index (χ0n) is 18.0. The van der Waals surface area contributed by atoms with Gasteiger partial charge in [-0.25, -0.2) is 0 Å². The van der Waals surface area contributed by atoms with Crippen LogP contribution in [0.25, 0.3) is 11.4 Å². The minimum atomic E-state index is -0.366. The average Bonchev–Trinajstić information content (AvgIpc) is 3.18. The molecule has 0 spiro atoms. The van der Waals surface area contributed by atoms with Crippen LogP contribution in [-0.2, 0) is 11.8 Å². The molecule has 9 nitrogen and oxygen atoms in total. The predicted octanol–water partition coefficient (Wildman–Crippen LogP) is 3.14. The monoisotopic (exact) mass is 452 g/mol. The van der Waals surface area contributed by atoms with Crippen LogP contribution in [0.5, 0.6) is 0 Å². The SMILES string of the molecule is Cc1ccc(-c2nnc(SCC(=O)N3CCN(c4ccccc4[N+](=O)[O-])CC3)n2C)cc1. The summed E-state index contributed by atoms with van der Waals surface area (Å²) in [5.41, 5.74) is 2.85. The maximum Gasteiger partial charge on any atom is 0.292 e. The zero-order chi connectivity index (χ0) is 22.7. The molecule has 2 aromatic carbocycles. The summed E-state index contributed by atoms with van der Waals surface area (Å²) in [6.07, 6.45) is 0. The largest absolute Gasteiger partial charge is 0.362 e. The lowest BCUT2D eigenvalue weighted by Crippen LogP contribution is -2.49. The van der Waals surface area contributed by atoms with E-state index in [2.05, 4.69) is 10.2 Å². The number of aryl methyl sites for hydroxylation is 1. The van der Waals surface area contributed by atoms with Gasteiger partial charge in [-0.2, -0.15) is 0 Å². The van der Waals surface area contributed by atoms with Gasteiger partial charge in [0.1, 0.15) is 5.69 Å². The molecule has 0 aliphatic carbocycles. The molecule has 0 atom stereocenters. The lowest BCUT2D eigenvalue weighted by atomic mass is 10.1. The summed E-state index contributed by atoms with van der Waals surface area (Å²) in [4.78, 5) is 27.4. The van der Waals surface area contributed by atoms with Crippen LogP contribution in [0, 0.1) is 17.0 Å². The van der Waals surface area contributed by atoms with E-state index >= 15 is 0 Å². The van der Waals surface area contributed by atoms with Crippen LogP contribution in [0.15, 0.2) is 53.7 Å². The molecule has 0 bridgehead atoms. The van der Waals surface area contributed by atoms with E-state index < -0.39 is 0 Å². The molecule has 1 aliphatic heterocycles. The first-order chi connectivity index (χ1) is 15.4. The summed E-state index contributed by atoms with van der Waals surface area (Å²) in [6, 6.07) is 14.8. The highest BCUT2D eigenvalue weighted by Crippen LogP contribution is 2.28. The van der Waals surface area contributed by atoms with Crippen LogP contribution < -0.4 is 4.90 Å². The van der Waals surface area contributed by atoms with Crippen molar-refractivity contribution in [3.63, 3.8) is 0 Å². The van der Waals surface area contributed by atoms with Crippen molar-refractivity contribution in [2.24, 2.45) is 7.05 Å².